The molecule has 120 valence electrons. The summed E-state index contributed by atoms with van der Waals surface area (Å²) in [6.07, 6.45) is 1.09. The zero-order valence-electron chi connectivity index (χ0n) is 12.5. The van der Waals surface area contributed by atoms with E-state index in [0.29, 0.717) is 32.6 Å². The van der Waals surface area contributed by atoms with Gasteiger partial charge in [-0.05, 0) is 18.4 Å². The first-order chi connectivity index (χ1) is 10.5. The van der Waals surface area contributed by atoms with Crippen molar-refractivity contribution < 1.29 is 19.4 Å². The number of benzene rings is 1. The number of ether oxygens (including phenoxy) is 1. The predicted molar refractivity (Wildman–Crippen MR) is 80.7 cm³/mol. The highest BCUT2D eigenvalue weighted by atomic mass is 16.5. The Morgan fingerprint density at radius 1 is 1.32 bits per heavy atom. The molecule has 0 unspecified atom stereocenters. The average Bonchev–Trinajstić information content (AvgIpc) is 2.52. The van der Waals surface area contributed by atoms with Gasteiger partial charge in [0.1, 0.15) is 0 Å². The van der Waals surface area contributed by atoms with Gasteiger partial charge in [0.15, 0.2) is 5.60 Å². The Kier molecular flexibility index (Phi) is 5.51. The van der Waals surface area contributed by atoms with Crippen LogP contribution in [0.4, 0.5) is 0 Å². The number of piperidine rings is 1. The molecule has 1 aromatic rings. The molecule has 0 spiro atoms. The van der Waals surface area contributed by atoms with E-state index >= 15 is 0 Å². The van der Waals surface area contributed by atoms with Crippen molar-refractivity contribution in [1.29, 1.82) is 0 Å². The molecular formula is C16H22N2O4. The van der Waals surface area contributed by atoms with E-state index in [0.717, 1.165) is 5.56 Å². The number of hydrogen-bond donors (Lipinski definition) is 2. The lowest BCUT2D eigenvalue weighted by Gasteiger charge is -2.37. The van der Waals surface area contributed by atoms with Gasteiger partial charge in [-0.25, -0.2) is 0 Å². The van der Waals surface area contributed by atoms with Crippen molar-refractivity contribution in [3.05, 3.63) is 35.9 Å². The lowest BCUT2D eigenvalue weighted by molar-refractivity contribution is -0.149. The number of aliphatic hydroxyl groups is 1. The van der Waals surface area contributed by atoms with Crippen LogP contribution in [0.2, 0.25) is 0 Å². The number of hydrogen-bond acceptors (Lipinski definition) is 4. The minimum absolute atomic E-state index is 0.0279. The lowest BCUT2D eigenvalue weighted by atomic mass is 9.92. The molecule has 0 aromatic heterocycles. The summed E-state index contributed by atoms with van der Waals surface area (Å²) in [5.74, 6) is -0.905. The van der Waals surface area contributed by atoms with Crippen LogP contribution in [0.1, 0.15) is 24.8 Å². The number of primary amides is 1. The number of rotatable bonds is 6. The highest BCUT2D eigenvalue weighted by molar-refractivity contribution is 5.85. The molecule has 2 amide bonds. The second-order valence-electron chi connectivity index (χ2n) is 5.60. The topological polar surface area (TPSA) is 92.9 Å². The van der Waals surface area contributed by atoms with Crippen molar-refractivity contribution in [3.63, 3.8) is 0 Å². The van der Waals surface area contributed by atoms with E-state index in [1.807, 2.05) is 30.3 Å². The van der Waals surface area contributed by atoms with Crippen LogP contribution in [0, 0.1) is 0 Å². The third kappa shape index (κ3) is 4.29. The van der Waals surface area contributed by atoms with Crippen molar-refractivity contribution in [3.8, 4) is 0 Å². The number of β-amino-alcohol motifs (C(OH)–C–C–N with tert-alkyl or cyclic N) is 1. The minimum Gasteiger partial charge on any atom is -0.378 e. The number of nitrogens with two attached hydrogens (primary N) is 1. The van der Waals surface area contributed by atoms with E-state index in [1.165, 1.54) is 4.90 Å². The molecule has 1 aromatic carbocycles. The van der Waals surface area contributed by atoms with Gasteiger partial charge in [0.05, 0.1) is 26.2 Å². The molecule has 1 aliphatic rings. The minimum atomic E-state index is -1.60. The predicted octanol–water partition coefficient (Wildman–Crippen LogP) is 0.432. The Balaban J connectivity index is 1.74. The van der Waals surface area contributed by atoms with Gasteiger partial charge >= 0.3 is 0 Å². The van der Waals surface area contributed by atoms with Gasteiger partial charge in [0.25, 0.3) is 5.91 Å². The molecule has 3 N–H and O–H groups in total. The van der Waals surface area contributed by atoms with Crippen LogP contribution >= 0.6 is 0 Å². The van der Waals surface area contributed by atoms with Gasteiger partial charge in [-0.3, -0.25) is 9.59 Å². The number of amides is 2. The van der Waals surface area contributed by atoms with Gasteiger partial charge in [-0.15, -0.1) is 0 Å². The van der Waals surface area contributed by atoms with Crippen molar-refractivity contribution in [1.82, 2.24) is 4.90 Å². The molecule has 2 rings (SSSR count). The Morgan fingerprint density at radius 2 is 2.05 bits per heavy atom. The van der Waals surface area contributed by atoms with Crippen LogP contribution in [0.5, 0.6) is 0 Å². The first-order valence-corrected chi connectivity index (χ1v) is 7.43. The smallest absolute Gasteiger partial charge is 0.251 e. The molecule has 6 heteroatoms. The average molecular weight is 306 g/mol. The van der Waals surface area contributed by atoms with Crippen LogP contribution in [-0.4, -0.2) is 47.1 Å². The fourth-order valence-corrected chi connectivity index (χ4v) is 2.53. The zero-order chi connectivity index (χ0) is 16.0. The van der Waals surface area contributed by atoms with E-state index in [4.69, 9.17) is 10.5 Å². The molecule has 0 aliphatic carbocycles. The fourth-order valence-electron chi connectivity index (χ4n) is 2.53. The molecule has 22 heavy (non-hydrogen) atoms. The van der Waals surface area contributed by atoms with Crippen LogP contribution < -0.4 is 5.73 Å². The van der Waals surface area contributed by atoms with Crippen molar-refractivity contribution in [2.45, 2.75) is 31.5 Å². The largest absolute Gasteiger partial charge is 0.378 e. The fraction of sp³-hybridized carbons (Fsp3) is 0.500. The summed E-state index contributed by atoms with van der Waals surface area (Å²) in [4.78, 5) is 24.9. The molecule has 6 nitrogen and oxygen atoms in total. The zero-order valence-corrected chi connectivity index (χ0v) is 12.5. The molecule has 1 aliphatic heterocycles. The maximum Gasteiger partial charge on any atom is 0.251 e. The van der Waals surface area contributed by atoms with Crippen LogP contribution in [-0.2, 0) is 20.9 Å². The number of carbonyl (C=O) groups excluding carboxylic acids is 2. The summed E-state index contributed by atoms with van der Waals surface area (Å²) in [5.41, 5.74) is 4.65. The molecular weight excluding hydrogens is 284 g/mol. The Hall–Kier alpha value is -1.92. The molecule has 0 saturated carbocycles. The first-order valence-electron chi connectivity index (χ1n) is 7.43. The second-order valence-corrected chi connectivity index (χ2v) is 5.60. The number of carbonyl (C=O) groups is 2. The maximum atomic E-state index is 12.1. The second kappa shape index (κ2) is 7.38. The molecule has 0 bridgehead atoms. The quantitative estimate of drug-likeness (QED) is 0.746. The highest BCUT2D eigenvalue weighted by Crippen LogP contribution is 2.21. The van der Waals surface area contributed by atoms with Gasteiger partial charge in [-0.2, -0.15) is 0 Å². The van der Waals surface area contributed by atoms with Crippen molar-refractivity contribution >= 4 is 11.8 Å². The number of nitrogens with zero attached hydrogens (tertiary/aromatic N) is 1. The van der Waals surface area contributed by atoms with Crippen molar-refractivity contribution in [2.75, 3.05) is 19.7 Å². The summed E-state index contributed by atoms with van der Waals surface area (Å²) >= 11 is 0. The number of likely N-dealkylation sites (tertiary alicyclic amines) is 1. The normalized spacial score (nSPS) is 21.6. The van der Waals surface area contributed by atoms with Gasteiger partial charge in [0, 0.05) is 6.54 Å². The van der Waals surface area contributed by atoms with Crippen LogP contribution in [0.25, 0.3) is 0 Å². The summed E-state index contributed by atoms with van der Waals surface area (Å²) in [5, 5.41) is 10.1. The molecule has 0 radical (unpaired) electrons. The van der Waals surface area contributed by atoms with E-state index in [2.05, 4.69) is 0 Å². The third-order valence-corrected chi connectivity index (χ3v) is 3.85. The molecule has 1 fully saturated rings. The van der Waals surface area contributed by atoms with Crippen molar-refractivity contribution in [2.24, 2.45) is 5.73 Å². The Labute approximate surface area is 129 Å². The first kappa shape index (κ1) is 16.5. The van der Waals surface area contributed by atoms with Gasteiger partial charge < -0.3 is 20.5 Å². The summed E-state index contributed by atoms with van der Waals surface area (Å²) in [7, 11) is 0. The maximum absolute atomic E-state index is 12.1. The van der Waals surface area contributed by atoms with Crippen LogP contribution in [0.15, 0.2) is 30.3 Å². The summed E-state index contributed by atoms with van der Waals surface area (Å²) < 4.78 is 5.48. The van der Waals surface area contributed by atoms with E-state index in [9.17, 15) is 14.7 Å². The highest BCUT2D eigenvalue weighted by Gasteiger charge is 2.39. The lowest BCUT2D eigenvalue weighted by Crippen LogP contribution is -2.57. The van der Waals surface area contributed by atoms with E-state index in [-0.39, 0.29) is 18.9 Å². The monoisotopic (exact) mass is 306 g/mol. The standard InChI is InChI=1S/C16H22N2O4/c17-15(20)16(21)8-4-9-18(12-16)14(19)7-10-22-11-13-5-2-1-3-6-13/h1-3,5-6,21H,4,7-12H2,(H2,17,20)/t16-/m0/s1. The molecule has 1 heterocycles. The Bertz CT molecular complexity index is 520. The Morgan fingerprint density at radius 3 is 2.73 bits per heavy atom. The van der Waals surface area contributed by atoms with Gasteiger partial charge in [0.2, 0.25) is 5.91 Å². The molecule has 1 saturated heterocycles. The summed E-state index contributed by atoms with van der Waals surface area (Å²) in [6.45, 7) is 1.27. The third-order valence-electron chi connectivity index (χ3n) is 3.85. The van der Waals surface area contributed by atoms with E-state index < -0.39 is 11.5 Å². The van der Waals surface area contributed by atoms with E-state index in [1.54, 1.807) is 0 Å². The van der Waals surface area contributed by atoms with Gasteiger partial charge in [-0.1, -0.05) is 30.3 Å². The molecule has 1 atom stereocenters. The SMILES string of the molecule is NC(=O)[C@]1(O)CCCN(C(=O)CCOCc2ccccc2)C1. The van der Waals surface area contributed by atoms with Crippen LogP contribution in [0.3, 0.4) is 0 Å². The summed E-state index contributed by atoms with van der Waals surface area (Å²) in [6, 6.07) is 9.71.